The number of nitrogens with zero attached hydrogens (tertiary/aromatic N) is 4. The van der Waals surface area contributed by atoms with Gasteiger partial charge in [-0.25, -0.2) is 14.1 Å². The second-order valence-electron chi connectivity index (χ2n) is 9.64. The Hall–Kier alpha value is -5.61. The first-order valence-electron chi connectivity index (χ1n) is 13.2. The van der Waals surface area contributed by atoms with Crippen LogP contribution in [0.25, 0.3) is 16.6 Å². The van der Waals surface area contributed by atoms with Crippen molar-refractivity contribution in [3.05, 3.63) is 66.1 Å². The highest BCUT2D eigenvalue weighted by Gasteiger charge is 2.22. The number of carbonyl (C=O) groups excluding carboxylic acids is 2. The van der Waals surface area contributed by atoms with Crippen LogP contribution in [-0.4, -0.2) is 81.2 Å². The van der Waals surface area contributed by atoms with Crippen LogP contribution in [0, 0.1) is 0 Å². The van der Waals surface area contributed by atoms with Gasteiger partial charge in [-0.05, 0) is 35.9 Å². The Morgan fingerprint density at radius 2 is 2.02 bits per heavy atom. The van der Waals surface area contributed by atoms with E-state index in [0.29, 0.717) is 28.2 Å². The lowest BCUT2D eigenvalue weighted by molar-refractivity contribution is -0.137. The number of halogens is 3. The maximum Gasteiger partial charge on any atom is 0.387 e. The number of amides is 2. The van der Waals surface area contributed by atoms with Crippen molar-refractivity contribution >= 4 is 40.3 Å². The van der Waals surface area contributed by atoms with Gasteiger partial charge in [-0.15, -0.1) is 0 Å². The highest BCUT2D eigenvalue weighted by Crippen LogP contribution is 2.28. The minimum atomic E-state index is -3.15. The number of carboxylic acid groups (broad SMARTS) is 1. The molecule has 0 spiro atoms. The van der Waals surface area contributed by atoms with Crippen LogP contribution in [0.5, 0.6) is 5.75 Å². The van der Waals surface area contributed by atoms with Crippen molar-refractivity contribution in [3.8, 4) is 11.4 Å². The monoisotopic (exact) mass is 613 g/mol. The molecule has 0 saturated heterocycles. The summed E-state index contributed by atoms with van der Waals surface area (Å²) in [5, 5.41) is 31.8. The summed E-state index contributed by atoms with van der Waals surface area (Å²) in [4.78, 5) is 41.6. The third-order valence-corrected chi connectivity index (χ3v) is 6.45. The lowest BCUT2D eigenvalue weighted by Gasteiger charge is -2.20. The van der Waals surface area contributed by atoms with Crippen LogP contribution in [0.3, 0.4) is 0 Å². The minimum Gasteiger partial charge on any atom is -0.481 e. The van der Waals surface area contributed by atoms with Crippen LogP contribution < -0.4 is 26.0 Å². The highest BCUT2D eigenvalue weighted by atomic mass is 19.3. The normalized spacial score (nSPS) is 15.3. The van der Waals surface area contributed by atoms with Crippen molar-refractivity contribution in [3.63, 3.8) is 0 Å². The van der Waals surface area contributed by atoms with Gasteiger partial charge in [0, 0.05) is 29.4 Å². The number of rotatable bonds is 11. The maximum absolute atomic E-state index is 13.4. The Kier molecular flexibility index (Phi) is 8.92. The second kappa shape index (κ2) is 13.1. The molecule has 5 rings (SSSR count). The number of anilines is 1. The number of H-pyrrole nitrogens is 1. The van der Waals surface area contributed by atoms with Gasteiger partial charge in [-0.3, -0.25) is 19.5 Å². The summed E-state index contributed by atoms with van der Waals surface area (Å²) in [7, 11) is 0. The number of alkyl halides is 3. The molecule has 2 amide bonds. The molecule has 4 aromatic rings. The van der Waals surface area contributed by atoms with Crippen molar-refractivity contribution in [2.24, 2.45) is 4.99 Å². The van der Waals surface area contributed by atoms with Gasteiger partial charge in [0.2, 0.25) is 5.91 Å². The molecule has 230 valence electrons. The van der Waals surface area contributed by atoms with E-state index in [4.69, 9.17) is 0 Å². The van der Waals surface area contributed by atoms with E-state index in [0.717, 1.165) is 0 Å². The molecule has 3 heterocycles. The summed E-state index contributed by atoms with van der Waals surface area (Å²) in [5.41, 5.74) is 1.56. The van der Waals surface area contributed by atoms with E-state index < -0.39 is 49.6 Å². The zero-order chi connectivity index (χ0) is 31.2. The van der Waals surface area contributed by atoms with Crippen molar-refractivity contribution < 1.29 is 37.4 Å². The molecule has 44 heavy (non-hydrogen) atoms. The van der Waals surface area contributed by atoms with Gasteiger partial charge in [0.25, 0.3) is 5.91 Å². The predicted molar refractivity (Wildman–Crippen MR) is 151 cm³/mol. The molecule has 1 aliphatic rings. The smallest absolute Gasteiger partial charge is 0.387 e. The fourth-order valence-electron chi connectivity index (χ4n) is 4.48. The maximum atomic E-state index is 13.4. The zero-order valence-electron chi connectivity index (χ0n) is 22.8. The number of nitrogens with one attached hydrogen (secondary N) is 5. The van der Waals surface area contributed by atoms with Crippen LogP contribution in [0.2, 0.25) is 0 Å². The number of hydrogen-bond donors (Lipinski definition) is 6. The van der Waals surface area contributed by atoms with Crippen LogP contribution in [0.1, 0.15) is 28.4 Å². The van der Waals surface area contributed by atoms with Crippen LogP contribution >= 0.6 is 0 Å². The lowest BCUT2D eigenvalue weighted by atomic mass is 10.0. The number of carbonyl (C=O) groups is 3. The topological polar surface area (TPSA) is 188 Å². The quantitative estimate of drug-likeness (QED) is 0.147. The van der Waals surface area contributed by atoms with Crippen molar-refractivity contribution in [2.75, 3.05) is 25.0 Å². The van der Waals surface area contributed by atoms with Gasteiger partial charge in [0.05, 0.1) is 55.2 Å². The molecule has 2 aromatic carbocycles. The van der Waals surface area contributed by atoms with Gasteiger partial charge < -0.3 is 31.1 Å². The molecule has 1 aliphatic heterocycles. The minimum absolute atomic E-state index is 0.0177. The molecule has 0 bridgehead atoms. The van der Waals surface area contributed by atoms with Gasteiger partial charge in [-0.2, -0.15) is 19.0 Å². The third kappa shape index (κ3) is 7.42. The standard InChI is InChI=1S/C27H26F3N9O5/c28-16-10-32-27(33-11-16)37-21-6-15(7-22-19(21)12-34-38-22)25(43)31-13-23(40)36-20(9-24(41)42)14-4-17(39-3-1-2-35-39)8-18(5-14)44-26(29)30/h1-8,12,16,20,26H,9-11,13H2,(H,31,43)(H,34,38)(H,36,40)(H,41,42)(H2,32,33,37)/t20-/m0/s1. The fraction of sp³-hybridized carbons (Fsp3) is 0.259. The van der Waals surface area contributed by atoms with Gasteiger partial charge in [0.15, 0.2) is 5.96 Å². The fourth-order valence-corrected chi connectivity index (χ4v) is 4.48. The second-order valence-corrected chi connectivity index (χ2v) is 9.64. The summed E-state index contributed by atoms with van der Waals surface area (Å²) in [6, 6.07) is 7.42. The molecule has 2 atom stereocenters. The van der Waals surface area contributed by atoms with E-state index in [-0.39, 0.29) is 30.0 Å². The number of carboxylic acids is 1. The Bertz CT molecular complexity index is 1690. The molecule has 0 radical (unpaired) electrons. The molecule has 0 saturated carbocycles. The van der Waals surface area contributed by atoms with Gasteiger partial charge in [-0.1, -0.05) is 0 Å². The number of hydrogen-bond acceptors (Lipinski definition) is 9. The van der Waals surface area contributed by atoms with Gasteiger partial charge in [0.1, 0.15) is 11.9 Å². The van der Waals surface area contributed by atoms with Crippen LogP contribution in [0.15, 0.2) is 60.0 Å². The Morgan fingerprint density at radius 3 is 2.73 bits per heavy atom. The molecule has 1 unspecified atom stereocenters. The molecule has 17 heteroatoms. The van der Waals surface area contributed by atoms with Crippen molar-refractivity contribution in [1.29, 1.82) is 0 Å². The molecule has 2 aromatic heterocycles. The largest absolute Gasteiger partial charge is 0.481 e. The molecular weight excluding hydrogens is 587 g/mol. The number of aliphatic imine (C=N–C) groups is 1. The first kappa shape index (κ1) is 29.9. The molecule has 14 nitrogen and oxygen atoms in total. The van der Waals surface area contributed by atoms with Crippen molar-refractivity contribution in [1.82, 2.24) is 35.9 Å². The summed E-state index contributed by atoms with van der Waals surface area (Å²) in [6.07, 6.45) is 2.84. The summed E-state index contributed by atoms with van der Waals surface area (Å²) in [5.74, 6) is -2.59. The SMILES string of the molecule is O=C(O)C[C@H](NC(=O)CNC(=O)c1cc(NC2=NCC(F)CN2)c2cn[nH]c2c1)c1cc(OC(F)F)cc(-n2cccn2)c1. The molecule has 6 N–H and O–H groups in total. The predicted octanol–water partition coefficient (Wildman–Crippen LogP) is 2.12. The average molecular weight is 614 g/mol. The molecular formula is C27H26F3N9O5. The van der Waals surface area contributed by atoms with Crippen LogP contribution in [0.4, 0.5) is 18.9 Å². The Morgan fingerprint density at radius 1 is 1.18 bits per heavy atom. The number of aromatic nitrogens is 4. The van der Waals surface area contributed by atoms with E-state index in [2.05, 4.69) is 46.3 Å². The molecule has 0 aliphatic carbocycles. The zero-order valence-corrected chi connectivity index (χ0v) is 22.8. The highest BCUT2D eigenvalue weighted by molar-refractivity contribution is 6.07. The number of guanidine groups is 1. The number of benzene rings is 2. The number of ether oxygens (including phenoxy) is 1. The lowest BCUT2D eigenvalue weighted by Crippen LogP contribution is -2.41. The Labute approximate surface area is 246 Å². The van der Waals surface area contributed by atoms with E-state index in [1.807, 2.05) is 0 Å². The summed E-state index contributed by atoms with van der Waals surface area (Å²) < 4.78 is 45.3. The third-order valence-electron chi connectivity index (χ3n) is 6.45. The number of aliphatic carboxylic acids is 1. The summed E-state index contributed by atoms with van der Waals surface area (Å²) in [6.45, 7) is -3.63. The summed E-state index contributed by atoms with van der Waals surface area (Å²) >= 11 is 0. The van der Waals surface area contributed by atoms with E-state index >= 15 is 0 Å². The van der Waals surface area contributed by atoms with E-state index in [1.54, 1.807) is 12.3 Å². The van der Waals surface area contributed by atoms with Crippen LogP contribution in [-0.2, 0) is 9.59 Å². The van der Waals surface area contributed by atoms with Crippen molar-refractivity contribution in [2.45, 2.75) is 25.2 Å². The average Bonchev–Trinajstić information content (AvgIpc) is 3.69. The van der Waals surface area contributed by atoms with Gasteiger partial charge >= 0.3 is 12.6 Å². The number of aromatic amines is 1. The molecule has 0 fully saturated rings. The number of fused-ring (bicyclic) bond motifs is 1. The Balaban J connectivity index is 1.30. The first-order chi connectivity index (χ1) is 21.1. The first-order valence-corrected chi connectivity index (χ1v) is 13.2. The van der Waals surface area contributed by atoms with E-state index in [9.17, 15) is 32.7 Å². The van der Waals surface area contributed by atoms with E-state index in [1.165, 1.54) is 47.4 Å².